The molecule has 4 aromatic carbocycles. The Balaban J connectivity index is 1.20. The van der Waals surface area contributed by atoms with Crippen LogP contribution in [0.4, 0.5) is 0 Å². The Kier molecular flexibility index (Phi) is 31.3. The highest BCUT2D eigenvalue weighted by molar-refractivity contribution is 8.00. The molecule has 2 saturated heterocycles. The van der Waals surface area contributed by atoms with Crippen LogP contribution in [0, 0.1) is 17.8 Å². The van der Waals surface area contributed by atoms with Crippen LogP contribution in [-0.2, 0) is 88.0 Å². The Labute approximate surface area is 649 Å². The highest BCUT2D eigenvalue weighted by Crippen LogP contribution is 2.26. The monoisotopic (exact) mass is 1550 g/mol. The molecule has 0 aliphatic carbocycles. The predicted molar refractivity (Wildman–Crippen MR) is 419 cm³/mol. The average Bonchev–Trinajstić information content (AvgIpc) is 1.73. The van der Waals surface area contributed by atoms with Gasteiger partial charge < -0.3 is 89.3 Å². The van der Waals surface area contributed by atoms with Crippen LogP contribution in [0.25, 0.3) is 21.8 Å². The molecule has 17 N–H and O–H groups in total. The van der Waals surface area contributed by atoms with E-state index >= 15 is 24.0 Å². The molecule has 4 heterocycles. The van der Waals surface area contributed by atoms with Crippen molar-refractivity contribution in [2.24, 2.45) is 29.2 Å². The van der Waals surface area contributed by atoms with Crippen LogP contribution in [0.1, 0.15) is 135 Å². The van der Waals surface area contributed by atoms with Crippen LogP contribution in [-0.4, -0.2) is 198 Å². The lowest BCUT2D eigenvalue weighted by Gasteiger charge is -2.32. The van der Waals surface area contributed by atoms with Crippen LogP contribution in [0.15, 0.2) is 109 Å². The molecule has 6 aromatic rings. The summed E-state index contributed by atoms with van der Waals surface area (Å²) in [6.45, 7) is 12.8. The summed E-state index contributed by atoms with van der Waals surface area (Å²) in [7, 11) is 1.38. The van der Waals surface area contributed by atoms with Crippen molar-refractivity contribution in [3.63, 3.8) is 0 Å². The van der Waals surface area contributed by atoms with Crippen LogP contribution < -0.4 is 59.3 Å². The number of fused-ring (bicyclic) bond motifs is 3. The lowest BCUT2D eigenvalue weighted by atomic mass is 9.96. The molecule has 0 spiro atoms. The number of thioether (sulfide) groups is 1. The number of aromatic hydroxyl groups is 2. The van der Waals surface area contributed by atoms with Gasteiger partial charge in [-0.3, -0.25) is 62.3 Å². The van der Waals surface area contributed by atoms with Gasteiger partial charge in [0.25, 0.3) is 0 Å². The van der Waals surface area contributed by atoms with Gasteiger partial charge in [0, 0.05) is 79.2 Å². The molecular weight excluding hydrogens is 1440 g/mol. The van der Waals surface area contributed by atoms with Gasteiger partial charge in [-0.1, -0.05) is 128 Å². The number of unbranched alkanes of at least 4 members (excludes halogenated alkanes) is 1. The van der Waals surface area contributed by atoms with Gasteiger partial charge in [-0.05, 0) is 115 Å². The molecule has 0 saturated carbocycles. The fraction of sp³-hybridized carbons (Fsp3) is 0.487. The molecule has 31 heteroatoms. The molecule has 12 atom stereocenters. The molecule has 2 aromatic heterocycles. The maximum atomic E-state index is 15.4. The van der Waals surface area contributed by atoms with Crippen LogP contribution in [0.5, 0.6) is 11.5 Å². The van der Waals surface area contributed by atoms with E-state index in [-0.39, 0.29) is 93.4 Å². The standard InChI is InChI=1S/C80H107N15O15S/c1-9-11-19-57-71(101)86-58(32-23-44(3)4)80(110)95-33-16-22-65(95)77(107)90-60(35-47-24-28-51(96)29-25-47)72(102)88-61(37-49-40-83-55-20-14-12-17-53(49)55)73(103)87-59(34-45(5)6)76(106)93-69(46(7)10-2)79(109)91-63(39-67(81)98)75(105)89-62(38-50-41-84-56-21-15-13-18-54(50)56)74(104)92-64(70(82)100)42-111-43-68(99)94(8)66(78(108)85-57)36-48-26-30-52(97)31-27-48/h12-15,17-18,20-21,24-31,40-41,44-46,57-66,69,83-84,96-97H,9-11,16,19,22-23,32-39,42-43H2,1-8H3,(H2,81,98)(H2,82,100)(H,85,108)(H,86,101)(H,87,103)(H,88,102)(H,89,105)(H,90,107)(H,91,109)(H,92,104)(H,93,106)/t46-,57-,58+,59-,60-,61-,62-,63-,64-,65-,66-,69-/m0/s1. The summed E-state index contributed by atoms with van der Waals surface area (Å²) < 4.78 is 0. The van der Waals surface area contributed by atoms with Gasteiger partial charge in [0.05, 0.1) is 12.2 Å². The summed E-state index contributed by atoms with van der Waals surface area (Å²) in [5.41, 5.74) is 15.2. The Morgan fingerprint density at radius 3 is 1.56 bits per heavy atom. The molecule has 0 radical (unpaired) electrons. The Morgan fingerprint density at radius 1 is 0.532 bits per heavy atom. The van der Waals surface area contributed by atoms with Crippen molar-refractivity contribution in [1.29, 1.82) is 0 Å². The summed E-state index contributed by atoms with van der Waals surface area (Å²) in [5.74, 6) is -13.0. The number of hydrogen-bond acceptors (Lipinski definition) is 16. The number of nitrogens with one attached hydrogen (secondary N) is 11. The molecule has 8 rings (SSSR count). The zero-order valence-electron chi connectivity index (χ0n) is 64.2. The average molecular weight is 1550 g/mol. The summed E-state index contributed by atoms with van der Waals surface area (Å²) in [4.78, 5) is 200. The van der Waals surface area contributed by atoms with Gasteiger partial charge in [0.1, 0.15) is 78.0 Å². The highest BCUT2D eigenvalue weighted by atomic mass is 32.2. The number of primary amides is 2. The van der Waals surface area contributed by atoms with E-state index in [0.29, 0.717) is 69.7 Å². The summed E-state index contributed by atoms with van der Waals surface area (Å²) >= 11 is 0.876. The third kappa shape index (κ3) is 24.3. The third-order valence-corrected chi connectivity index (χ3v) is 21.3. The lowest BCUT2D eigenvalue weighted by Crippen LogP contribution is -2.62. The van der Waals surface area contributed by atoms with Gasteiger partial charge in [0.15, 0.2) is 0 Å². The van der Waals surface area contributed by atoms with E-state index in [1.807, 2.05) is 39.0 Å². The number of nitrogens with zero attached hydrogens (tertiary/aromatic N) is 2. The number of aromatic nitrogens is 2. The van der Waals surface area contributed by atoms with Crippen LogP contribution in [0.3, 0.4) is 0 Å². The van der Waals surface area contributed by atoms with Crippen molar-refractivity contribution in [2.45, 2.75) is 205 Å². The zero-order chi connectivity index (χ0) is 80.8. The lowest BCUT2D eigenvalue weighted by molar-refractivity contribution is -0.143. The van der Waals surface area contributed by atoms with E-state index in [2.05, 4.69) is 57.8 Å². The van der Waals surface area contributed by atoms with Crippen molar-refractivity contribution < 1.29 is 72.5 Å². The second kappa shape index (κ2) is 40.6. The van der Waals surface area contributed by atoms with Crippen molar-refractivity contribution in [3.8, 4) is 11.5 Å². The number of carbonyl (C=O) groups excluding carboxylic acids is 13. The molecule has 0 unspecified atom stereocenters. The number of benzene rings is 4. The molecular formula is C80H107N15O15S. The van der Waals surface area contributed by atoms with Crippen LogP contribution in [0.2, 0.25) is 0 Å². The summed E-state index contributed by atoms with van der Waals surface area (Å²) in [6, 6.07) is 10.4. The summed E-state index contributed by atoms with van der Waals surface area (Å²) in [6.07, 6.45) is 4.07. The van der Waals surface area contributed by atoms with E-state index in [4.69, 9.17) is 11.5 Å². The van der Waals surface area contributed by atoms with Crippen molar-refractivity contribution >= 4 is 110 Å². The van der Waals surface area contributed by atoms with E-state index in [0.717, 1.165) is 11.8 Å². The van der Waals surface area contributed by atoms with Crippen molar-refractivity contribution in [3.05, 3.63) is 132 Å². The number of phenols is 2. The number of phenolic OH excluding ortho intramolecular Hbond substituents is 2. The second-order valence-electron chi connectivity index (χ2n) is 29.8. The van der Waals surface area contributed by atoms with Crippen molar-refractivity contribution in [1.82, 2.24) is 67.6 Å². The second-order valence-corrected chi connectivity index (χ2v) is 30.8. The molecule has 111 heavy (non-hydrogen) atoms. The highest BCUT2D eigenvalue weighted by Gasteiger charge is 2.42. The van der Waals surface area contributed by atoms with Crippen molar-refractivity contribution in [2.75, 3.05) is 25.1 Å². The van der Waals surface area contributed by atoms with Gasteiger partial charge >= 0.3 is 0 Å². The first kappa shape index (κ1) is 85.6. The number of hydrogen-bond donors (Lipinski definition) is 15. The molecule has 598 valence electrons. The smallest absolute Gasteiger partial charge is 0.245 e. The van der Waals surface area contributed by atoms with Gasteiger partial charge in [-0.2, -0.15) is 0 Å². The number of carbonyl (C=O) groups is 13. The maximum absolute atomic E-state index is 15.4. The molecule has 2 aliphatic heterocycles. The van der Waals surface area contributed by atoms with Crippen LogP contribution >= 0.6 is 11.8 Å². The van der Waals surface area contributed by atoms with E-state index < -0.39 is 161 Å². The van der Waals surface area contributed by atoms with E-state index in [1.165, 1.54) is 41.1 Å². The maximum Gasteiger partial charge on any atom is 0.245 e. The number of nitrogens with two attached hydrogens (primary N) is 2. The minimum atomic E-state index is -1.80. The van der Waals surface area contributed by atoms with E-state index in [9.17, 15) is 48.6 Å². The predicted octanol–water partition coefficient (Wildman–Crippen LogP) is 3.34. The number of aromatic amines is 2. The Hall–Kier alpha value is -11.0. The minimum absolute atomic E-state index is 0.0187. The topological polar surface area (TPSA) is 461 Å². The first-order valence-electron chi connectivity index (χ1n) is 38.0. The fourth-order valence-corrected chi connectivity index (χ4v) is 14.7. The Morgan fingerprint density at radius 2 is 1.02 bits per heavy atom. The molecule has 2 fully saturated rings. The number of likely N-dealkylation sites (N-methyl/N-ethyl adjacent to an activating group) is 1. The first-order valence-corrected chi connectivity index (χ1v) is 39.2. The molecule has 0 bridgehead atoms. The number of H-pyrrole nitrogens is 2. The zero-order valence-corrected chi connectivity index (χ0v) is 65.0. The van der Waals surface area contributed by atoms with Gasteiger partial charge in [0.2, 0.25) is 76.8 Å². The number of para-hydroxylation sites is 2. The SMILES string of the molecule is CCCC[C@@H]1NC(=O)[C@H](Cc2ccc(O)cc2)N(C)C(=O)CSC[C@@H](C(N)=O)NC(=O)[C@H](Cc2c[nH]c3ccccc23)NC(=O)[C@H](CC(N)=O)NC(=O)[C@H]([C@@H](C)CC)NC(=O)[C@H](CC(C)C)NC(=O)[C@H](Cc2c[nH]c3ccccc23)NC(=O)[C@H](Cc2ccc(O)cc2)NC(=O)[C@@H]2CCCN2C(=O)[C@@H](CCC(C)C)NC1=O. The first-order chi connectivity index (χ1) is 52.9. The quantitative estimate of drug-likeness (QED) is 0.0491. The van der Waals surface area contributed by atoms with E-state index in [1.54, 1.807) is 94.7 Å². The third-order valence-electron chi connectivity index (χ3n) is 20.3. The number of amides is 13. The fourth-order valence-electron chi connectivity index (χ4n) is 13.7. The molecule has 2 aliphatic rings. The largest absolute Gasteiger partial charge is 0.508 e. The minimum Gasteiger partial charge on any atom is -0.508 e. The van der Waals surface area contributed by atoms with Gasteiger partial charge in [-0.15, -0.1) is 11.8 Å². The molecule has 30 nitrogen and oxygen atoms in total. The normalized spacial score (nSPS) is 23.7. The van der Waals surface area contributed by atoms with Gasteiger partial charge in [-0.25, -0.2) is 0 Å². The summed E-state index contributed by atoms with van der Waals surface area (Å²) in [5, 5.41) is 46.9. The molecule has 13 amide bonds. The Bertz CT molecular complexity index is 4280. The number of rotatable bonds is 21.